The molecule has 1 unspecified atom stereocenters. The van der Waals surface area contributed by atoms with E-state index in [-0.39, 0.29) is 122 Å². The fourth-order valence-electron chi connectivity index (χ4n) is 14.0. The summed E-state index contributed by atoms with van der Waals surface area (Å²) in [5, 5.41) is 9.21. The number of amidine groups is 2. The molecule has 30 heteroatoms. The number of aliphatic imine (C=N–C) groups is 2. The van der Waals surface area contributed by atoms with Crippen LogP contribution in [0.25, 0.3) is 12.2 Å². The first-order valence-electron chi connectivity index (χ1n) is 41.6. The maximum absolute atomic E-state index is 13.6. The number of hydrogen-bond acceptors (Lipinski definition) is 22. The Bertz CT molecular complexity index is 4970. The molecular weight excluding hydrogens is 1560 g/mol. The third-order valence-electron chi connectivity index (χ3n) is 20.3. The van der Waals surface area contributed by atoms with Crippen LogP contribution in [0.5, 0.6) is 0 Å². The number of nitrogens with two attached hydrogens (primary N) is 3. The molecule has 1 saturated heterocycles. The molecule has 5 aliphatic heterocycles. The Morgan fingerprint density at radius 2 is 0.893 bits per heavy atom. The lowest BCUT2D eigenvalue weighted by Gasteiger charge is -2.22. The average Bonchev–Trinajstić information content (AvgIpc) is 1.79. The van der Waals surface area contributed by atoms with Crippen molar-refractivity contribution in [2.75, 3.05) is 49.9 Å². The number of benzene rings is 4. The van der Waals surface area contributed by atoms with Crippen molar-refractivity contribution in [3.63, 3.8) is 0 Å². The number of imide groups is 3. The largest absolute Gasteiger partial charge is 0.387 e. The molecule has 640 valence electrons. The molecular formula is C92H107N15O15. The number of carbonyl (C=O) groups is 14. The van der Waals surface area contributed by atoms with Gasteiger partial charge in [-0.25, -0.2) is 14.8 Å². The Morgan fingerprint density at radius 3 is 1.33 bits per heavy atom. The fourth-order valence-corrected chi connectivity index (χ4v) is 14.0. The molecule has 0 aliphatic carbocycles. The lowest BCUT2D eigenvalue weighted by molar-refractivity contribution is -0.197. The molecule has 0 radical (unpaired) electrons. The van der Waals surface area contributed by atoms with Gasteiger partial charge in [-0.3, -0.25) is 82.1 Å². The molecule has 2 atom stereocenters. The molecule has 11 rings (SSSR count). The number of nitrogens with zero attached hydrogens (tertiary/aromatic N) is 9. The zero-order valence-corrected chi connectivity index (χ0v) is 69.5. The first-order chi connectivity index (χ1) is 58.8. The quantitative estimate of drug-likeness (QED) is 0.0154. The molecule has 1 fully saturated rings. The SMILES string of the molecule is CCCN(CCC)C(=O)C1=Cc2ccc(C(=O)Nc3cncc(CCC(=O)C(N)Cc4ccccc4)c3)cc2N=C(N)C1.CCCN(CCC)C(=O)C1=Cc2ccc(C(=O)Nc3cncc(CCC(=O)[C@H](Cc4ccccc4)NC(=O)CCCCCN4C(=O)C=CC4=O)c3)cc2N=C(N)C1.O=C(CCCCCN1C(=O)C=CC1=O)ON1C(=O)CCC1=O. The second-order valence-electron chi connectivity index (χ2n) is 30.1. The van der Waals surface area contributed by atoms with E-state index in [0.717, 1.165) is 58.4 Å². The van der Waals surface area contributed by atoms with Gasteiger partial charge in [-0.1, -0.05) is 113 Å². The second-order valence-corrected chi connectivity index (χ2v) is 30.1. The number of hydrogen-bond donors (Lipinski definition) is 6. The monoisotopic (exact) mass is 1660 g/mol. The summed E-state index contributed by atoms with van der Waals surface area (Å²) in [6, 6.07) is 31.7. The van der Waals surface area contributed by atoms with E-state index in [2.05, 4.69) is 35.9 Å². The van der Waals surface area contributed by atoms with Gasteiger partial charge >= 0.3 is 5.97 Å². The number of ketones is 2. The number of fused-ring (bicyclic) bond motifs is 2. The predicted octanol–water partition coefficient (Wildman–Crippen LogP) is 10.4. The van der Waals surface area contributed by atoms with Crippen molar-refractivity contribution in [1.82, 2.24) is 39.9 Å². The molecule has 30 nitrogen and oxygen atoms in total. The summed E-state index contributed by atoms with van der Waals surface area (Å²) < 4.78 is 0. The Hall–Kier alpha value is -13.4. The standard InChI is InChI=1S/C44H51N7O6.C34H40N6O3.C14H16N2O6/c1-3-20-50(21-4-2)44(57)34-25-32-15-16-33(26-36(32)48-39(45)27-34)43(56)47-35-23-31(28-46-29-35)14-17-38(52)37(24-30-11-7-5-8-12-30)49-40(53)13-9-6-10-22-51-41(54)18-19-42(51)55;1-3-14-40(15-4-2)34(43)27-18-25-11-12-26(19-30(25)39-32(36)20-27)33(42)38-28-16-24(21-37-22-28)10-13-31(41)29(35)17-23-8-6-5-7-9-23;17-10-5-6-11(18)15(10)9-3-1-2-4-14(21)22-16-12(19)7-8-13(16)20/h5,7-8,11-12,15-16,18-19,23,25-26,28-29,37H,3-4,6,9-10,13-14,17,20-22,24,27H2,1-2H3,(H2,45,48)(H,47,56)(H,49,53);5-9,11-12,16,18-19,21-22,29H,3-4,10,13-15,17,20,35H2,1-2H3,(H2,36,39)(H,38,42);5-6H,1-4,7-9H2/t37-;;/m0../s1. The average molecular weight is 1660 g/mol. The number of pyridine rings is 2. The summed E-state index contributed by atoms with van der Waals surface area (Å²) in [6.07, 6.45) is 24.8. The van der Waals surface area contributed by atoms with E-state index in [4.69, 9.17) is 22.0 Å². The Kier molecular flexibility index (Phi) is 35.5. The van der Waals surface area contributed by atoms with Crippen molar-refractivity contribution in [3.05, 3.63) is 214 Å². The van der Waals surface area contributed by atoms with Crippen molar-refractivity contribution in [1.29, 1.82) is 0 Å². The highest BCUT2D eigenvalue weighted by molar-refractivity contribution is 6.14. The van der Waals surface area contributed by atoms with Crippen molar-refractivity contribution in [2.45, 2.75) is 181 Å². The van der Waals surface area contributed by atoms with Gasteiger partial charge in [0.15, 0.2) is 5.78 Å². The van der Waals surface area contributed by atoms with Crippen LogP contribution in [0.15, 0.2) is 179 Å². The number of anilines is 2. The Balaban J connectivity index is 0.000000228. The van der Waals surface area contributed by atoms with Gasteiger partial charge in [0.25, 0.3) is 47.3 Å². The number of aromatic nitrogens is 2. The summed E-state index contributed by atoms with van der Waals surface area (Å²) in [5.74, 6) is -3.55. The third-order valence-corrected chi connectivity index (χ3v) is 20.3. The number of rotatable bonds is 40. The molecule has 0 bridgehead atoms. The molecule has 9 N–H and O–H groups in total. The smallest absolute Gasteiger partial charge is 0.333 e. The topological polar surface area (TPSA) is 429 Å². The molecule has 4 aromatic carbocycles. The highest BCUT2D eigenvalue weighted by Gasteiger charge is 2.34. The van der Waals surface area contributed by atoms with Crippen molar-refractivity contribution < 1.29 is 72.0 Å². The maximum Gasteiger partial charge on any atom is 0.333 e. The second kappa shape index (κ2) is 46.8. The zero-order chi connectivity index (χ0) is 87.6. The molecule has 5 aliphatic rings. The summed E-state index contributed by atoms with van der Waals surface area (Å²) in [4.78, 5) is 201. The van der Waals surface area contributed by atoms with Gasteiger partial charge in [0.2, 0.25) is 17.7 Å². The van der Waals surface area contributed by atoms with E-state index in [9.17, 15) is 67.1 Å². The van der Waals surface area contributed by atoms with E-state index < -0.39 is 29.9 Å². The molecule has 0 spiro atoms. The minimum Gasteiger partial charge on any atom is -0.387 e. The van der Waals surface area contributed by atoms with Gasteiger partial charge in [-0.2, -0.15) is 0 Å². The number of nitrogens with one attached hydrogen (secondary N) is 3. The van der Waals surface area contributed by atoms with Crippen LogP contribution in [0, 0.1) is 0 Å². The van der Waals surface area contributed by atoms with Gasteiger partial charge in [0, 0.05) is 161 Å². The van der Waals surface area contributed by atoms with Crippen LogP contribution >= 0.6 is 0 Å². The highest BCUT2D eigenvalue weighted by atomic mass is 16.7. The number of Topliss-reactive ketones (excluding diaryl/α,β-unsaturated/α-hetero) is 2. The number of unbranched alkanes of at least 4 members (excludes halogenated alkanes) is 4. The van der Waals surface area contributed by atoms with Crippen LogP contribution in [-0.2, 0) is 88.1 Å². The van der Waals surface area contributed by atoms with Crippen LogP contribution < -0.4 is 33.2 Å². The summed E-state index contributed by atoms with van der Waals surface area (Å²) >= 11 is 0. The third kappa shape index (κ3) is 28.1. The molecule has 6 aromatic rings. The number of hydroxylamine groups is 2. The van der Waals surface area contributed by atoms with Crippen LogP contribution in [-0.4, -0.2) is 180 Å². The number of amides is 11. The van der Waals surface area contributed by atoms with Crippen molar-refractivity contribution in [3.8, 4) is 0 Å². The summed E-state index contributed by atoms with van der Waals surface area (Å²) in [5.41, 5.74) is 27.4. The summed E-state index contributed by atoms with van der Waals surface area (Å²) in [7, 11) is 0. The van der Waals surface area contributed by atoms with E-state index in [1.54, 1.807) is 73.2 Å². The van der Waals surface area contributed by atoms with E-state index in [1.165, 1.54) is 35.4 Å². The number of carbonyl (C=O) groups excluding carboxylic acids is 14. The normalized spacial score (nSPS) is 14.4. The lowest BCUT2D eigenvalue weighted by atomic mass is 9.97. The van der Waals surface area contributed by atoms with Gasteiger partial charge < -0.3 is 47.8 Å². The van der Waals surface area contributed by atoms with Gasteiger partial charge in [-0.05, 0) is 148 Å². The van der Waals surface area contributed by atoms with E-state index >= 15 is 0 Å². The van der Waals surface area contributed by atoms with Gasteiger partial charge in [0.1, 0.15) is 17.5 Å². The first kappa shape index (κ1) is 92.5. The van der Waals surface area contributed by atoms with Crippen LogP contribution in [0.2, 0.25) is 0 Å². The maximum atomic E-state index is 13.6. The van der Waals surface area contributed by atoms with Crippen molar-refractivity contribution in [2.24, 2.45) is 27.2 Å². The molecule has 2 aromatic heterocycles. The first-order valence-corrected chi connectivity index (χ1v) is 41.6. The molecule has 11 amide bonds. The Morgan fingerprint density at radius 1 is 0.475 bits per heavy atom. The molecule has 122 heavy (non-hydrogen) atoms. The van der Waals surface area contributed by atoms with E-state index in [1.807, 2.05) is 104 Å². The number of aryl methyl sites for hydroxylation is 2. The minimum absolute atomic E-state index is 0.0227. The van der Waals surface area contributed by atoms with E-state index in [0.29, 0.717) is 165 Å². The fraction of sp³-hybridized carbons (Fsp3) is 0.370. The Labute approximate surface area is 709 Å². The van der Waals surface area contributed by atoms with Crippen molar-refractivity contribution >= 4 is 129 Å². The summed E-state index contributed by atoms with van der Waals surface area (Å²) in [6.45, 7) is 11.5. The predicted molar refractivity (Wildman–Crippen MR) is 462 cm³/mol. The zero-order valence-electron chi connectivity index (χ0n) is 69.5. The van der Waals surface area contributed by atoms with Gasteiger partial charge in [-0.15, -0.1) is 5.06 Å². The van der Waals surface area contributed by atoms with Gasteiger partial charge in [0.05, 0.1) is 47.2 Å². The van der Waals surface area contributed by atoms with Crippen LogP contribution in [0.1, 0.15) is 197 Å². The van der Waals surface area contributed by atoms with Crippen LogP contribution in [0.4, 0.5) is 22.7 Å². The highest BCUT2D eigenvalue weighted by Crippen LogP contribution is 2.32. The van der Waals surface area contributed by atoms with Crippen LogP contribution in [0.3, 0.4) is 0 Å². The molecule has 0 saturated carbocycles. The lowest BCUT2D eigenvalue weighted by Crippen LogP contribution is -2.42. The molecule has 7 heterocycles. The minimum atomic E-state index is -0.734.